The molecular weight excluding hydrogens is 318 g/mol. The van der Waals surface area contributed by atoms with Gasteiger partial charge in [0.2, 0.25) is 0 Å². The maximum atomic E-state index is 10.5. The number of aliphatic hydroxyl groups is 1. The first kappa shape index (κ1) is 18.3. The van der Waals surface area contributed by atoms with Gasteiger partial charge in [0, 0.05) is 18.3 Å². The number of aliphatic hydroxyl groups excluding tert-OH is 1. The first-order valence-electron chi connectivity index (χ1n) is 9.26. The van der Waals surface area contributed by atoms with Gasteiger partial charge in [-0.2, -0.15) is 0 Å². The van der Waals surface area contributed by atoms with E-state index in [0.29, 0.717) is 6.42 Å². The molecule has 0 radical (unpaired) electrons. The van der Waals surface area contributed by atoms with Crippen LogP contribution in [-0.2, 0) is 12.8 Å². The van der Waals surface area contributed by atoms with E-state index in [1.54, 1.807) is 0 Å². The number of pyridine rings is 1. The third-order valence-electron chi connectivity index (χ3n) is 5.01. The lowest BCUT2D eigenvalue weighted by Gasteiger charge is -2.14. The molecule has 2 nitrogen and oxygen atoms in total. The molecule has 1 aromatic heterocycles. The molecule has 3 aromatic rings. The zero-order valence-corrected chi connectivity index (χ0v) is 15.9. The van der Waals surface area contributed by atoms with Gasteiger partial charge in [0.1, 0.15) is 0 Å². The molecule has 0 bridgehead atoms. The van der Waals surface area contributed by atoms with Crippen LogP contribution >= 0.6 is 0 Å². The van der Waals surface area contributed by atoms with Gasteiger partial charge in [-0.15, -0.1) is 0 Å². The van der Waals surface area contributed by atoms with Crippen LogP contribution in [0.15, 0.2) is 60.8 Å². The SMILES string of the molecule is Cc1cccc(Cc2ccc(C(O)CCc3c(C)cccc3C)cn2)c1. The highest BCUT2D eigenvalue weighted by atomic mass is 16.3. The normalized spacial score (nSPS) is 12.2. The number of hydrogen-bond acceptors (Lipinski definition) is 2. The molecule has 1 N–H and O–H groups in total. The summed E-state index contributed by atoms with van der Waals surface area (Å²) in [4.78, 5) is 4.55. The molecule has 1 heterocycles. The van der Waals surface area contributed by atoms with Crippen LogP contribution in [0.4, 0.5) is 0 Å². The van der Waals surface area contributed by atoms with Crippen LogP contribution < -0.4 is 0 Å². The molecule has 0 aliphatic carbocycles. The average Bonchev–Trinajstić information content (AvgIpc) is 2.62. The smallest absolute Gasteiger partial charge is 0.0808 e. The van der Waals surface area contributed by atoms with Crippen molar-refractivity contribution in [1.82, 2.24) is 4.98 Å². The minimum Gasteiger partial charge on any atom is -0.388 e. The zero-order valence-electron chi connectivity index (χ0n) is 15.9. The van der Waals surface area contributed by atoms with E-state index in [1.807, 2.05) is 18.3 Å². The van der Waals surface area contributed by atoms with E-state index in [0.717, 1.165) is 24.1 Å². The number of rotatable bonds is 6. The lowest BCUT2D eigenvalue weighted by atomic mass is 9.95. The Morgan fingerprint density at radius 3 is 2.31 bits per heavy atom. The molecule has 2 heteroatoms. The Balaban J connectivity index is 1.62. The van der Waals surface area contributed by atoms with E-state index < -0.39 is 6.10 Å². The van der Waals surface area contributed by atoms with Gasteiger partial charge in [0.05, 0.1) is 6.10 Å². The van der Waals surface area contributed by atoms with Gasteiger partial charge in [-0.1, -0.05) is 54.1 Å². The Bertz CT molecular complexity index is 847. The summed E-state index contributed by atoms with van der Waals surface area (Å²) in [6, 6.07) is 18.9. The van der Waals surface area contributed by atoms with Gasteiger partial charge < -0.3 is 5.11 Å². The van der Waals surface area contributed by atoms with Gasteiger partial charge >= 0.3 is 0 Å². The monoisotopic (exact) mass is 345 g/mol. The van der Waals surface area contributed by atoms with Crippen LogP contribution in [-0.4, -0.2) is 10.1 Å². The largest absolute Gasteiger partial charge is 0.388 e. The molecule has 0 aliphatic rings. The van der Waals surface area contributed by atoms with E-state index in [1.165, 1.54) is 27.8 Å². The summed E-state index contributed by atoms with van der Waals surface area (Å²) >= 11 is 0. The maximum Gasteiger partial charge on any atom is 0.0808 e. The fourth-order valence-corrected chi connectivity index (χ4v) is 3.46. The van der Waals surface area contributed by atoms with Gasteiger partial charge in [0.15, 0.2) is 0 Å². The van der Waals surface area contributed by atoms with Gasteiger partial charge in [-0.05, 0) is 67.5 Å². The van der Waals surface area contributed by atoms with E-state index in [2.05, 4.69) is 68.2 Å². The van der Waals surface area contributed by atoms with Crippen molar-refractivity contribution in [3.63, 3.8) is 0 Å². The Kier molecular flexibility index (Phi) is 5.85. The summed E-state index contributed by atoms with van der Waals surface area (Å²) in [5, 5.41) is 10.5. The van der Waals surface area contributed by atoms with Crippen LogP contribution in [0.3, 0.4) is 0 Å². The van der Waals surface area contributed by atoms with Crippen molar-refractivity contribution in [2.45, 2.75) is 46.1 Å². The van der Waals surface area contributed by atoms with Crippen molar-refractivity contribution in [2.75, 3.05) is 0 Å². The Labute approximate surface area is 156 Å². The van der Waals surface area contributed by atoms with Crippen molar-refractivity contribution in [3.05, 3.63) is 99.9 Å². The number of aryl methyl sites for hydroxylation is 3. The molecular formula is C24H27NO. The summed E-state index contributed by atoms with van der Waals surface area (Å²) in [6.45, 7) is 6.37. The summed E-state index contributed by atoms with van der Waals surface area (Å²) in [5.41, 5.74) is 8.38. The molecule has 0 saturated heterocycles. The first-order chi connectivity index (χ1) is 12.5. The van der Waals surface area contributed by atoms with E-state index in [-0.39, 0.29) is 0 Å². The number of nitrogens with zero attached hydrogens (tertiary/aromatic N) is 1. The van der Waals surface area contributed by atoms with Crippen LogP contribution in [0.1, 0.15) is 51.6 Å². The summed E-state index contributed by atoms with van der Waals surface area (Å²) in [7, 11) is 0. The molecule has 134 valence electrons. The molecule has 0 amide bonds. The van der Waals surface area contributed by atoms with Crippen molar-refractivity contribution in [2.24, 2.45) is 0 Å². The third-order valence-corrected chi connectivity index (χ3v) is 5.01. The minimum absolute atomic E-state index is 0.477. The number of aromatic nitrogens is 1. The van der Waals surface area contributed by atoms with Gasteiger partial charge in [-0.25, -0.2) is 0 Å². The average molecular weight is 345 g/mol. The molecule has 0 spiro atoms. The van der Waals surface area contributed by atoms with E-state index in [9.17, 15) is 5.11 Å². The second kappa shape index (κ2) is 8.29. The van der Waals surface area contributed by atoms with Crippen LogP contribution in [0, 0.1) is 20.8 Å². The van der Waals surface area contributed by atoms with Crippen molar-refractivity contribution in [3.8, 4) is 0 Å². The molecule has 0 saturated carbocycles. The Hall–Kier alpha value is -2.45. The highest BCUT2D eigenvalue weighted by molar-refractivity contribution is 5.34. The second-order valence-corrected chi connectivity index (χ2v) is 7.17. The fourth-order valence-electron chi connectivity index (χ4n) is 3.46. The second-order valence-electron chi connectivity index (χ2n) is 7.17. The Morgan fingerprint density at radius 2 is 1.65 bits per heavy atom. The van der Waals surface area contributed by atoms with Crippen molar-refractivity contribution < 1.29 is 5.11 Å². The molecule has 1 atom stereocenters. The van der Waals surface area contributed by atoms with Crippen molar-refractivity contribution >= 4 is 0 Å². The third kappa shape index (κ3) is 4.59. The quantitative estimate of drug-likeness (QED) is 0.661. The molecule has 2 aromatic carbocycles. The van der Waals surface area contributed by atoms with Crippen LogP contribution in [0.25, 0.3) is 0 Å². The summed E-state index contributed by atoms with van der Waals surface area (Å²) < 4.78 is 0. The molecule has 26 heavy (non-hydrogen) atoms. The van der Waals surface area contributed by atoms with Crippen molar-refractivity contribution in [1.29, 1.82) is 0 Å². The van der Waals surface area contributed by atoms with Gasteiger partial charge in [-0.3, -0.25) is 4.98 Å². The molecule has 3 rings (SSSR count). The highest BCUT2D eigenvalue weighted by Crippen LogP contribution is 2.22. The van der Waals surface area contributed by atoms with Crippen LogP contribution in [0.5, 0.6) is 0 Å². The molecule has 1 unspecified atom stereocenters. The van der Waals surface area contributed by atoms with Crippen LogP contribution in [0.2, 0.25) is 0 Å². The zero-order chi connectivity index (χ0) is 18.5. The van der Waals surface area contributed by atoms with E-state index in [4.69, 9.17) is 0 Å². The highest BCUT2D eigenvalue weighted by Gasteiger charge is 2.11. The standard InChI is InChI=1S/C24H27NO/c1-17-6-4-9-20(14-17)15-22-11-10-21(16-25-22)24(26)13-12-23-18(2)7-5-8-19(23)3/h4-11,14,16,24,26H,12-13,15H2,1-3H3. The topological polar surface area (TPSA) is 33.1 Å². The summed E-state index contributed by atoms with van der Waals surface area (Å²) in [6.07, 6.45) is 3.76. The Morgan fingerprint density at radius 1 is 0.923 bits per heavy atom. The minimum atomic E-state index is -0.477. The molecule has 0 fully saturated rings. The lowest BCUT2D eigenvalue weighted by Crippen LogP contribution is -2.03. The summed E-state index contributed by atoms with van der Waals surface area (Å²) in [5.74, 6) is 0. The lowest BCUT2D eigenvalue weighted by molar-refractivity contribution is 0.167. The maximum absolute atomic E-state index is 10.5. The van der Waals surface area contributed by atoms with E-state index >= 15 is 0 Å². The number of hydrogen-bond donors (Lipinski definition) is 1. The number of benzene rings is 2. The predicted octanol–water partition coefficient (Wildman–Crippen LogP) is 5.26. The fraction of sp³-hybridized carbons (Fsp3) is 0.292. The molecule has 0 aliphatic heterocycles. The predicted molar refractivity (Wildman–Crippen MR) is 107 cm³/mol. The first-order valence-corrected chi connectivity index (χ1v) is 9.26. The van der Waals surface area contributed by atoms with Gasteiger partial charge in [0.25, 0.3) is 0 Å².